The third-order valence-electron chi connectivity index (χ3n) is 4.10. The van der Waals surface area contributed by atoms with E-state index < -0.39 is 45.6 Å². The van der Waals surface area contributed by atoms with Crippen molar-refractivity contribution in [1.29, 1.82) is 0 Å². The quantitative estimate of drug-likeness (QED) is 0.450. The average Bonchev–Trinajstić information content (AvgIpc) is 3.04. The van der Waals surface area contributed by atoms with Gasteiger partial charge >= 0.3 is 15.4 Å². The normalized spacial score (nSPS) is 28.6. The van der Waals surface area contributed by atoms with Gasteiger partial charge in [0.2, 0.25) is 11.7 Å². The molecule has 0 aromatic heterocycles. The summed E-state index contributed by atoms with van der Waals surface area (Å²) in [4.78, 5) is 23.6. The molecule has 1 amide bonds. The molecule has 4 unspecified atom stereocenters. The van der Waals surface area contributed by atoms with Gasteiger partial charge in [0, 0.05) is 12.5 Å². The Kier molecular flexibility index (Phi) is 4.37. The number of nitrogens with one attached hydrogen (secondary N) is 1. The Morgan fingerprint density at radius 3 is 2.41 bits per heavy atom. The first-order chi connectivity index (χ1) is 10.1. The SMILES string of the molecule is NCC(NC(=O)C1CC2C=CC1C2)C(=O)C(F)(F)S(=O)(=O)O. The van der Waals surface area contributed by atoms with Crippen LogP contribution in [-0.4, -0.2) is 42.5 Å². The van der Waals surface area contributed by atoms with E-state index in [1.54, 1.807) is 0 Å². The Labute approximate surface area is 125 Å². The standard InChI is InChI=1S/C12H16F2N2O5S/c13-12(14,22(19,20)21)10(17)9(5-15)16-11(18)8-4-6-1-2-7(8)3-6/h1-2,6-9H,3-5,15H2,(H,16,18)(H,19,20,21). The second-order valence-corrected chi connectivity index (χ2v) is 7.00. The highest BCUT2D eigenvalue weighted by Crippen LogP contribution is 2.43. The fourth-order valence-corrected chi connectivity index (χ4v) is 3.32. The Bertz CT molecular complexity index is 619. The van der Waals surface area contributed by atoms with Crippen LogP contribution in [0.5, 0.6) is 0 Å². The molecule has 1 saturated carbocycles. The van der Waals surface area contributed by atoms with Gasteiger partial charge < -0.3 is 11.1 Å². The number of fused-ring (bicyclic) bond motifs is 2. The molecular weight excluding hydrogens is 322 g/mol. The first-order valence-corrected chi connectivity index (χ1v) is 8.10. The van der Waals surface area contributed by atoms with Gasteiger partial charge in [-0.15, -0.1) is 0 Å². The molecule has 0 spiro atoms. The fraction of sp³-hybridized carbons (Fsp3) is 0.667. The minimum Gasteiger partial charge on any atom is -0.344 e. The number of carbonyl (C=O) groups is 2. The summed E-state index contributed by atoms with van der Waals surface area (Å²) in [6.07, 6.45) is 5.19. The molecule has 0 heterocycles. The first-order valence-electron chi connectivity index (χ1n) is 6.66. The molecule has 7 nitrogen and oxygen atoms in total. The number of rotatable bonds is 6. The van der Waals surface area contributed by atoms with Crippen LogP contribution >= 0.6 is 0 Å². The molecule has 2 bridgehead atoms. The van der Waals surface area contributed by atoms with E-state index in [9.17, 15) is 26.8 Å². The molecular formula is C12H16F2N2O5S. The number of alkyl halides is 2. The van der Waals surface area contributed by atoms with Gasteiger partial charge in [-0.3, -0.25) is 14.1 Å². The number of hydrogen-bond donors (Lipinski definition) is 3. The second-order valence-electron chi connectivity index (χ2n) is 5.54. The number of ketones is 1. The van der Waals surface area contributed by atoms with Crippen LogP contribution in [0.15, 0.2) is 12.2 Å². The number of Topliss-reactive ketones (excluding diaryl/α,β-unsaturated/α-hetero) is 1. The molecule has 2 aliphatic rings. The maximum atomic E-state index is 13.3. The van der Waals surface area contributed by atoms with Crippen LogP contribution in [-0.2, 0) is 19.7 Å². The van der Waals surface area contributed by atoms with Crippen molar-refractivity contribution >= 4 is 21.8 Å². The van der Waals surface area contributed by atoms with Gasteiger partial charge in [-0.05, 0) is 24.7 Å². The molecule has 2 rings (SSSR count). The van der Waals surface area contributed by atoms with Crippen molar-refractivity contribution in [1.82, 2.24) is 5.32 Å². The molecule has 10 heteroatoms. The predicted molar refractivity (Wildman–Crippen MR) is 71.3 cm³/mol. The zero-order chi connectivity index (χ0) is 16.7. The number of carbonyl (C=O) groups excluding carboxylic acids is 2. The molecule has 22 heavy (non-hydrogen) atoms. The molecule has 2 aliphatic carbocycles. The van der Waals surface area contributed by atoms with E-state index in [-0.39, 0.29) is 11.8 Å². The third kappa shape index (κ3) is 2.90. The van der Waals surface area contributed by atoms with E-state index in [0.717, 1.165) is 6.42 Å². The van der Waals surface area contributed by atoms with Gasteiger partial charge in [0.25, 0.3) is 0 Å². The maximum Gasteiger partial charge on any atom is 0.428 e. The summed E-state index contributed by atoms with van der Waals surface area (Å²) in [5.41, 5.74) is 5.18. The topological polar surface area (TPSA) is 127 Å². The van der Waals surface area contributed by atoms with Gasteiger partial charge in [-0.1, -0.05) is 12.2 Å². The smallest absolute Gasteiger partial charge is 0.344 e. The predicted octanol–water partition coefficient (Wildman–Crippen LogP) is -0.308. The van der Waals surface area contributed by atoms with E-state index in [4.69, 9.17) is 10.3 Å². The van der Waals surface area contributed by atoms with E-state index in [0.29, 0.717) is 6.42 Å². The zero-order valence-electron chi connectivity index (χ0n) is 11.4. The van der Waals surface area contributed by atoms with Crippen molar-refractivity contribution in [3.05, 3.63) is 12.2 Å². The monoisotopic (exact) mass is 338 g/mol. The molecule has 4 N–H and O–H groups in total. The molecule has 0 aliphatic heterocycles. The van der Waals surface area contributed by atoms with Crippen LogP contribution < -0.4 is 11.1 Å². The largest absolute Gasteiger partial charge is 0.428 e. The van der Waals surface area contributed by atoms with Gasteiger partial charge in [0.05, 0.1) is 0 Å². The highest BCUT2D eigenvalue weighted by Gasteiger charge is 2.54. The van der Waals surface area contributed by atoms with E-state index in [1.165, 1.54) is 0 Å². The van der Waals surface area contributed by atoms with E-state index in [2.05, 4.69) is 5.32 Å². The molecule has 124 valence electrons. The molecule has 0 aromatic rings. The molecule has 0 saturated heterocycles. The Balaban J connectivity index is 2.08. The number of hydrogen-bond acceptors (Lipinski definition) is 5. The maximum absolute atomic E-state index is 13.3. The number of nitrogens with two attached hydrogens (primary N) is 1. The Morgan fingerprint density at radius 2 is 2.00 bits per heavy atom. The summed E-state index contributed by atoms with van der Waals surface area (Å²) in [6.45, 7) is -0.702. The number of amides is 1. The highest BCUT2D eigenvalue weighted by atomic mass is 32.2. The summed E-state index contributed by atoms with van der Waals surface area (Å²) in [6, 6.07) is -1.88. The van der Waals surface area contributed by atoms with Crippen molar-refractivity contribution in [2.24, 2.45) is 23.5 Å². The lowest BCUT2D eigenvalue weighted by Gasteiger charge is -2.23. The van der Waals surface area contributed by atoms with Crippen LogP contribution in [0.4, 0.5) is 8.78 Å². The molecule has 1 fully saturated rings. The van der Waals surface area contributed by atoms with E-state index >= 15 is 0 Å². The summed E-state index contributed by atoms with van der Waals surface area (Å²) >= 11 is 0. The lowest BCUT2D eigenvalue weighted by molar-refractivity contribution is -0.139. The Morgan fingerprint density at radius 1 is 1.36 bits per heavy atom. The summed E-state index contributed by atoms with van der Waals surface area (Å²) in [5.74, 6) is -2.97. The van der Waals surface area contributed by atoms with Crippen molar-refractivity contribution in [2.75, 3.05) is 6.54 Å². The summed E-state index contributed by atoms with van der Waals surface area (Å²) < 4.78 is 56.3. The lowest BCUT2D eigenvalue weighted by atomic mass is 9.92. The van der Waals surface area contributed by atoms with Crippen LogP contribution in [0.1, 0.15) is 12.8 Å². The van der Waals surface area contributed by atoms with Crippen LogP contribution in [0.2, 0.25) is 0 Å². The van der Waals surface area contributed by atoms with Crippen molar-refractivity contribution < 1.29 is 31.3 Å². The van der Waals surface area contributed by atoms with Gasteiger partial charge in [0.15, 0.2) is 0 Å². The summed E-state index contributed by atoms with van der Waals surface area (Å²) in [5, 5.41) is -2.95. The highest BCUT2D eigenvalue weighted by molar-refractivity contribution is 7.87. The van der Waals surface area contributed by atoms with Crippen LogP contribution in [0.25, 0.3) is 0 Å². The molecule has 0 aromatic carbocycles. The van der Waals surface area contributed by atoms with Crippen molar-refractivity contribution in [2.45, 2.75) is 24.1 Å². The first kappa shape index (κ1) is 17.0. The zero-order valence-corrected chi connectivity index (χ0v) is 12.2. The minimum atomic E-state index is -5.92. The molecule has 4 atom stereocenters. The second kappa shape index (κ2) is 5.67. The van der Waals surface area contributed by atoms with Gasteiger partial charge in [0.1, 0.15) is 6.04 Å². The molecule has 0 radical (unpaired) electrons. The summed E-state index contributed by atoms with van der Waals surface area (Å²) in [7, 11) is -5.92. The average molecular weight is 338 g/mol. The number of allylic oxidation sites excluding steroid dienone is 2. The van der Waals surface area contributed by atoms with Crippen molar-refractivity contribution in [3.63, 3.8) is 0 Å². The van der Waals surface area contributed by atoms with Crippen LogP contribution in [0, 0.1) is 17.8 Å². The fourth-order valence-electron chi connectivity index (χ4n) is 2.92. The van der Waals surface area contributed by atoms with E-state index in [1.807, 2.05) is 12.2 Å². The minimum absolute atomic E-state index is 0.0133. The number of halogens is 2. The van der Waals surface area contributed by atoms with Crippen molar-refractivity contribution in [3.8, 4) is 0 Å². The van der Waals surface area contributed by atoms with Gasteiger partial charge in [-0.25, -0.2) is 0 Å². The van der Waals surface area contributed by atoms with Crippen LogP contribution in [0.3, 0.4) is 0 Å². The van der Waals surface area contributed by atoms with Gasteiger partial charge in [-0.2, -0.15) is 17.2 Å². The Hall–Kier alpha value is -1.39. The lowest BCUT2D eigenvalue weighted by Crippen LogP contribution is -2.55. The third-order valence-corrected chi connectivity index (χ3v) is 4.94.